The minimum atomic E-state index is -0.942. The van der Waals surface area contributed by atoms with E-state index in [2.05, 4.69) is 10.6 Å². The van der Waals surface area contributed by atoms with Crippen molar-refractivity contribution in [3.05, 3.63) is 65.5 Å². The van der Waals surface area contributed by atoms with Crippen LogP contribution in [0.2, 0.25) is 0 Å². The molecular formula is C18H15F3N2O2. The van der Waals surface area contributed by atoms with E-state index in [-0.39, 0.29) is 24.3 Å². The Labute approximate surface area is 142 Å². The van der Waals surface area contributed by atoms with Crippen LogP contribution in [-0.2, 0) is 9.59 Å². The Bertz CT molecular complexity index is 808. The van der Waals surface area contributed by atoms with Gasteiger partial charge in [0.1, 0.15) is 5.82 Å². The van der Waals surface area contributed by atoms with Crippen molar-refractivity contribution in [2.45, 2.75) is 12.3 Å². The number of rotatable bonds is 5. The fraction of sp³-hybridized carbons (Fsp3) is 0.222. The number of amides is 2. The van der Waals surface area contributed by atoms with Gasteiger partial charge in [-0.1, -0.05) is 6.07 Å². The molecular weight excluding hydrogens is 333 g/mol. The second-order valence-corrected chi connectivity index (χ2v) is 5.90. The number of hydrogen-bond acceptors (Lipinski definition) is 2. The average molecular weight is 348 g/mol. The molecule has 2 aromatic rings. The van der Waals surface area contributed by atoms with Gasteiger partial charge >= 0.3 is 0 Å². The maximum atomic E-state index is 13.2. The van der Waals surface area contributed by atoms with Gasteiger partial charge in [-0.25, -0.2) is 13.2 Å². The topological polar surface area (TPSA) is 58.2 Å². The van der Waals surface area contributed by atoms with Crippen molar-refractivity contribution in [1.82, 2.24) is 5.32 Å². The fourth-order valence-electron chi connectivity index (χ4n) is 2.63. The van der Waals surface area contributed by atoms with Crippen LogP contribution in [-0.4, -0.2) is 18.4 Å². The highest BCUT2D eigenvalue weighted by Crippen LogP contribution is 2.47. The smallest absolute Gasteiger partial charge is 0.243 e. The summed E-state index contributed by atoms with van der Waals surface area (Å²) < 4.78 is 38.9. The standard InChI is InChI=1S/C18H15F3N2O2/c19-11-2-4-12(5-3-11)23-17(24)9-22-18(25)14-8-13(14)10-1-6-15(20)16(21)7-10/h1-7,13-14H,8-9H2,(H,22,25)(H,23,24)/t13-,14-/m0/s1. The summed E-state index contributed by atoms with van der Waals surface area (Å²) in [6.45, 7) is -0.225. The van der Waals surface area contributed by atoms with E-state index in [4.69, 9.17) is 0 Å². The number of benzene rings is 2. The molecule has 1 aliphatic rings. The number of nitrogens with one attached hydrogen (secondary N) is 2. The molecule has 25 heavy (non-hydrogen) atoms. The van der Waals surface area contributed by atoms with E-state index < -0.39 is 23.4 Å². The maximum absolute atomic E-state index is 13.2. The van der Waals surface area contributed by atoms with Gasteiger partial charge in [0.15, 0.2) is 11.6 Å². The summed E-state index contributed by atoms with van der Waals surface area (Å²) >= 11 is 0. The fourth-order valence-corrected chi connectivity index (χ4v) is 2.63. The third kappa shape index (κ3) is 4.17. The van der Waals surface area contributed by atoms with Crippen LogP contribution < -0.4 is 10.6 Å². The van der Waals surface area contributed by atoms with Crippen molar-refractivity contribution < 1.29 is 22.8 Å². The molecule has 0 spiro atoms. The Balaban J connectivity index is 1.47. The van der Waals surface area contributed by atoms with Crippen LogP contribution in [0, 0.1) is 23.4 Å². The predicted octanol–water partition coefficient (Wildman–Crippen LogP) is 2.96. The lowest BCUT2D eigenvalue weighted by Gasteiger charge is -2.07. The van der Waals surface area contributed by atoms with Crippen molar-refractivity contribution in [3.8, 4) is 0 Å². The summed E-state index contributed by atoms with van der Waals surface area (Å²) in [7, 11) is 0. The quantitative estimate of drug-likeness (QED) is 0.873. The van der Waals surface area contributed by atoms with Crippen LogP contribution in [0.4, 0.5) is 18.9 Å². The van der Waals surface area contributed by atoms with Gasteiger partial charge in [0.05, 0.1) is 6.54 Å². The molecule has 0 aromatic heterocycles. The molecule has 2 amide bonds. The SMILES string of the molecule is O=C(CNC(=O)[C@H]1C[C@H]1c1ccc(F)c(F)c1)Nc1ccc(F)cc1. The van der Waals surface area contributed by atoms with Gasteiger partial charge in [0.2, 0.25) is 11.8 Å². The zero-order chi connectivity index (χ0) is 18.0. The minimum absolute atomic E-state index is 0.171. The van der Waals surface area contributed by atoms with Gasteiger partial charge in [0, 0.05) is 11.6 Å². The summed E-state index contributed by atoms with van der Waals surface area (Å²) in [5.74, 6) is -3.57. The van der Waals surface area contributed by atoms with Crippen molar-refractivity contribution in [2.24, 2.45) is 5.92 Å². The van der Waals surface area contributed by atoms with Crippen LogP contribution in [0.3, 0.4) is 0 Å². The van der Waals surface area contributed by atoms with E-state index in [1.807, 2.05) is 0 Å². The second-order valence-electron chi connectivity index (χ2n) is 5.90. The summed E-state index contributed by atoms with van der Waals surface area (Å²) in [5, 5.41) is 5.04. The van der Waals surface area contributed by atoms with Crippen LogP contribution in [0.5, 0.6) is 0 Å². The first-order chi connectivity index (χ1) is 11.9. The lowest BCUT2D eigenvalue weighted by Crippen LogP contribution is -2.34. The molecule has 3 rings (SSSR count). The Morgan fingerprint density at radius 2 is 1.72 bits per heavy atom. The molecule has 4 nitrogen and oxygen atoms in total. The summed E-state index contributed by atoms with van der Waals surface area (Å²) in [6.07, 6.45) is 0.524. The molecule has 130 valence electrons. The third-order valence-corrected chi connectivity index (χ3v) is 4.05. The third-order valence-electron chi connectivity index (χ3n) is 4.05. The predicted molar refractivity (Wildman–Crippen MR) is 85.2 cm³/mol. The summed E-state index contributed by atoms with van der Waals surface area (Å²) in [4.78, 5) is 23.8. The average Bonchev–Trinajstić information content (AvgIpc) is 3.38. The highest BCUT2D eigenvalue weighted by Gasteiger charge is 2.44. The Hall–Kier alpha value is -2.83. The first-order valence-corrected chi connectivity index (χ1v) is 7.72. The lowest BCUT2D eigenvalue weighted by molar-refractivity contribution is -0.125. The van der Waals surface area contributed by atoms with Crippen LogP contribution >= 0.6 is 0 Å². The zero-order valence-corrected chi connectivity index (χ0v) is 13.1. The molecule has 2 N–H and O–H groups in total. The molecule has 0 aliphatic heterocycles. The lowest BCUT2D eigenvalue weighted by atomic mass is 10.1. The molecule has 0 heterocycles. The van der Waals surface area contributed by atoms with Crippen molar-refractivity contribution >= 4 is 17.5 Å². The molecule has 7 heteroatoms. The second kappa shape index (κ2) is 6.96. The van der Waals surface area contributed by atoms with Gasteiger partial charge in [0.25, 0.3) is 0 Å². The first-order valence-electron chi connectivity index (χ1n) is 7.72. The Morgan fingerprint density at radius 3 is 2.40 bits per heavy atom. The van der Waals surface area contributed by atoms with E-state index in [0.717, 1.165) is 12.1 Å². The minimum Gasteiger partial charge on any atom is -0.347 e. The van der Waals surface area contributed by atoms with Gasteiger partial charge in [-0.3, -0.25) is 9.59 Å². The number of hydrogen-bond donors (Lipinski definition) is 2. The first kappa shape index (κ1) is 17.0. The van der Waals surface area contributed by atoms with Crippen LogP contribution in [0.15, 0.2) is 42.5 Å². The van der Waals surface area contributed by atoms with Crippen LogP contribution in [0.25, 0.3) is 0 Å². The highest BCUT2D eigenvalue weighted by molar-refractivity contribution is 5.95. The number of carbonyl (C=O) groups excluding carboxylic acids is 2. The largest absolute Gasteiger partial charge is 0.347 e. The monoisotopic (exact) mass is 348 g/mol. The van der Waals surface area contributed by atoms with E-state index >= 15 is 0 Å². The number of halogens is 3. The molecule has 0 saturated heterocycles. The van der Waals surface area contributed by atoms with E-state index in [0.29, 0.717) is 17.7 Å². The van der Waals surface area contributed by atoms with E-state index in [1.54, 1.807) is 0 Å². The maximum Gasteiger partial charge on any atom is 0.243 e. The van der Waals surface area contributed by atoms with Crippen LogP contribution in [0.1, 0.15) is 17.9 Å². The van der Waals surface area contributed by atoms with Gasteiger partial charge in [-0.2, -0.15) is 0 Å². The Kier molecular flexibility index (Phi) is 4.74. The van der Waals surface area contributed by atoms with Crippen molar-refractivity contribution in [2.75, 3.05) is 11.9 Å². The summed E-state index contributed by atoms with van der Waals surface area (Å²) in [5.41, 5.74) is 0.988. The molecule has 1 aliphatic carbocycles. The summed E-state index contributed by atoms with van der Waals surface area (Å²) in [6, 6.07) is 8.83. The van der Waals surface area contributed by atoms with E-state index in [9.17, 15) is 22.8 Å². The van der Waals surface area contributed by atoms with Gasteiger partial charge in [-0.05, 0) is 54.3 Å². The molecule has 0 bridgehead atoms. The molecule has 2 atom stereocenters. The normalized spacial score (nSPS) is 18.5. The molecule has 1 saturated carbocycles. The molecule has 0 unspecified atom stereocenters. The molecule has 0 radical (unpaired) electrons. The number of anilines is 1. The zero-order valence-electron chi connectivity index (χ0n) is 13.1. The van der Waals surface area contributed by atoms with Gasteiger partial charge < -0.3 is 10.6 Å². The van der Waals surface area contributed by atoms with E-state index in [1.165, 1.54) is 30.3 Å². The Morgan fingerprint density at radius 1 is 1.00 bits per heavy atom. The van der Waals surface area contributed by atoms with Crippen molar-refractivity contribution in [1.29, 1.82) is 0 Å². The highest BCUT2D eigenvalue weighted by atomic mass is 19.2. The van der Waals surface area contributed by atoms with Crippen molar-refractivity contribution in [3.63, 3.8) is 0 Å². The van der Waals surface area contributed by atoms with Gasteiger partial charge in [-0.15, -0.1) is 0 Å². The molecule has 2 aromatic carbocycles. The molecule has 1 fully saturated rings. The number of carbonyl (C=O) groups is 2.